The summed E-state index contributed by atoms with van der Waals surface area (Å²) in [6.45, 7) is 3.69. The van der Waals surface area contributed by atoms with Gasteiger partial charge in [0.05, 0.1) is 16.9 Å². The van der Waals surface area contributed by atoms with E-state index in [1.165, 1.54) is 12.1 Å². The maximum absolute atomic E-state index is 14.5. The quantitative estimate of drug-likeness (QED) is 0.527. The zero-order valence-corrected chi connectivity index (χ0v) is 17.8. The molecule has 1 fully saturated rings. The average molecular weight is 426 g/mol. The van der Waals surface area contributed by atoms with Gasteiger partial charge < -0.3 is 10.6 Å². The van der Waals surface area contributed by atoms with E-state index in [1.807, 2.05) is 47.9 Å². The summed E-state index contributed by atoms with van der Waals surface area (Å²) in [4.78, 5) is 11.9. The minimum absolute atomic E-state index is 0.00780. The normalized spacial score (nSPS) is 16.3. The van der Waals surface area contributed by atoms with Gasteiger partial charge in [-0.15, -0.1) is 0 Å². The number of nitrogens with two attached hydrogens (primary N) is 1. The number of hydrogen-bond donors (Lipinski definition) is 1. The van der Waals surface area contributed by atoms with Gasteiger partial charge in [-0.05, 0) is 55.7 Å². The predicted octanol–water partition coefficient (Wildman–Crippen LogP) is 4.33. The van der Waals surface area contributed by atoms with Crippen molar-refractivity contribution in [3.8, 4) is 23.1 Å². The van der Waals surface area contributed by atoms with Crippen molar-refractivity contribution in [1.29, 1.82) is 5.26 Å². The Morgan fingerprint density at radius 3 is 2.75 bits per heavy atom. The molecule has 160 valence electrons. The molecule has 1 unspecified atom stereocenters. The van der Waals surface area contributed by atoms with Gasteiger partial charge in [-0.1, -0.05) is 18.2 Å². The van der Waals surface area contributed by atoms with E-state index < -0.39 is 5.82 Å². The number of pyridine rings is 1. The molecule has 0 spiro atoms. The molecular weight excluding hydrogens is 403 g/mol. The van der Waals surface area contributed by atoms with E-state index in [-0.39, 0.29) is 11.6 Å². The molecule has 7 heteroatoms. The van der Waals surface area contributed by atoms with Crippen molar-refractivity contribution >= 4 is 16.9 Å². The predicted molar refractivity (Wildman–Crippen MR) is 123 cm³/mol. The molecule has 32 heavy (non-hydrogen) atoms. The molecule has 2 aromatic carbocycles. The molecule has 0 radical (unpaired) electrons. The van der Waals surface area contributed by atoms with Gasteiger partial charge >= 0.3 is 0 Å². The molecule has 1 aliphatic heterocycles. The summed E-state index contributed by atoms with van der Waals surface area (Å²) in [5.41, 5.74) is 11.2. The van der Waals surface area contributed by atoms with Gasteiger partial charge in [-0.3, -0.25) is 4.57 Å². The third-order valence-corrected chi connectivity index (χ3v) is 6.03. The van der Waals surface area contributed by atoms with Gasteiger partial charge in [0.15, 0.2) is 5.65 Å². The lowest BCUT2D eigenvalue weighted by atomic mass is 10.1. The highest BCUT2D eigenvalue weighted by Crippen LogP contribution is 2.34. The van der Waals surface area contributed by atoms with Crippen molar-refractivity contribution in [3.63, 3.8) is 0 Å². The molecule has 0 bridgehead atoms. The molecule has 4 aromatic rings. The third kappa shape index (κ3) is 3.39. The fraction of sp³-hybridized carbons (Fsp3) is 0.240. The summed E-state index contributed by atoms with van der Waals surface area (Å²) in [6, 6.07) is 16.5. The van der Waals surface area contributed by atoms with E-state index in [2.05, 4.69) is 9.88 Å². The number of rotatable bonds is 3. The summed E-state index contributed by atoms with van der Waals surface area (Å²) in [5.74, 6) is 0.0162. The van der Waals surface area contributed by atoms with Crippen molar-refractivity contribution in [3.05, 3.63) is 71.7 Å². The Morgan fingerprint density at radius 2 is 2.00 bits per heavy atom. The fourth-order valence-electron chi connectivity index (χ4n) is 4.43. The molecule has 2 aromatic heterocycles. The van der Waals surface area contributed by atoms with Gasteiger partial charge in [-0.2, -0.15) is 5.26 Å². The van der Waals surface area contributed by atoms with Gasteiger partial charge in [0.2, 0.25) is 0 Å². The van der Waals surface area contributed by atoms with E-state index in [4.69, 9.17) is 16.0 Å². The van der Waals surface area contributed by atoms with Crippen LogP contribution in [0.15, 0.2) is 54.7 Å². The molecular formula is C25H23FN6. The highest BCUT2D eigenvalue weighted by atomic mass is 19.1. The monoisotopic (exact) mass is 426 g/mol. The number of nitrogens with zero attached hydrogens (tertiary/aromatic N) is 5. The number of aromatic nitrogens is 3. The molecule has 3 heterocycles. The maximum Gasteiger partial charge on any atom is 0.167 e. The lowest BCUT2D eigenvalue weighted by Crippen LogP contribution is -2.42. The van der Waals surface area contributed by atoms with E-state index in [0.717, 1.165) is 48.4 Å². The number of imidazole rings is 1. The second-order valence-electron chi connectivity index (χ2n) is 8.21. The molecule has 1 aliphatic rings. The highest BCUT2D eigenvalue weighted by Gasteiger charge is 2.24. The van der Waals surface area contributed by atoms with Crippen molar-refractivity contribution in [2.24, 2.45) is 5.73 Å². The van der Waals surface area contributed by atoms with E-state index in [1.54, 1.807) is 12.3 Å². The number of para-hydroxylation sites is 1. The Morgan fingerprint density at radius 1 is 1.16 bits per heavy atom. The van der Waals surface area contributed by atoms with Gasteiger partial charge in [0.1, 0.15) is 23.2 Å². The fourth-order valence-corrected chi connectivity index (χ4v) is 4.43. The van der Waals surface area contributed by atoms with E-state index >= 15 is 0 Å². The Bertz CT molecular complexity index is 1350. The number of nitriles is 1. The first kappa shape index (κ1) is 20.2. The first-order chi connectivity index (χ1) is 15.6. The minimum atomic E-state index is -0.566. The Hall–Kier alpha value is -3.76. The molecule has 6 nitrogen and oxygen atoms in total. The van der Waals surface area contributed by atoms with Crippen molar-refractivity contribution in [1.82, 2.24) is 14.5 Å². The van der Waals surface area contributed by atoms with Crippen LogP contribution in [0.3, 0.4) is 0 Å². The van der Waals surface area contributed by atoms with Crippen molar-refractivity contribution in [2.45, 2.75) is 25.8 Å². The van der Waals surface area contributed by atoms with Crippen molar-refractivity contribution in [2.75, 3.05) is 18.0 Å². The smallest absolute Gasteiger partial charge is 0.167 e. The zero-order chi connectivity index (χ0) is 22.2. The first-order valence-electron chi connectivity index (χ1n) is 10.7. The summed E-state index contributed by atoms with van der Waals surface area (Å²) in [7, 11) is 0. The van der Waals surface area contributed by atoms with Gasteiger partial charge in [0.25, 0.3) is 0 Å². The van der Waals surface area contributed by atoms with Gasteiger partial charge in [-0.25, -0.2) is 14.4 Å². The largest absolute Gasteiger partial charge is 0.368 e. The topological polar surface area (TPSA) is 83.8 Å². The van der Waals surface area contributed by atoms with E-state index in [0.29, 0.717) is 17.0 Å². The van der Waals surface area contributed by atoms with Crippen LogP contribution in [0, 0.1) is 24.1 Å². The van der Waals surface area contributed by atoms with Crippen molar-refractivity contribution < 1.29 is 4.39 Å². The van der Waals surface area contributed by atoms with E-state index in [9.17, 15) is 4.39 Å². The van der Waals surface area contributed by atoms with Crippen LogP contribution in [-0.4, -0.2) is 33.7 Å². The lowest BCUT2D eigenvalue weighted by Gasteiger charge is -2.32. The second-order valence-corrected chi connectivity index (χ2v) is 8.21. The third-order valence-electron chi connectivity index (χ3n) is 6.03. The molecule has 0 aliphatic carbocycles. The minimum Gasteiger partial charge on any atom is -0.368 e. The number of fused-ring (bicyclic) bond motifs is 1. The Labute approximate surface area is 185 Å². The molecule has 1 atom stereocenters. The molecule has 2 N–H and O–H groups in total. The number of halogens is 1. The van der Waals surface area contributed by atoms with Crippen LogP contribution in [0.25, 0.3) is 28.2 Å². The molecule has 1 saturated heterocycles. The standard InChI is InChI=1S/C25H23FN6/c1-16-5-2-3-7-21(16)32-24(17-8-9-18(14-27)20(26)13-17)30-23-22(10-11-29-25(23)32)31-12-4-6-19(28)15-31/h2-3,5,7-11,13,19H,4,6,12,15,28H2,1H3. The number of benzene rings is 2. The number of anilines is 1. The van der Waals surface area contributed by atoms with Crippen LogP contribution in [0.4, 0.5) is 10.1 Å². The Balaban J connectivity index is 1.78. The molecule has 0 amide bonds. The van der Waals surface area contributed by atoms with Crippen LogP contribution in [0.5, 0.6) is 0 Å². The molecule has 0 saturated carbocycles. The highest BCUT2D eigenvalue weighted by molar-refractivity contribution is 5.91. The second kappa shape index (κ2) is 8.06. The number of piperidine rings is 1. The van der Waals surface area contributed by atoms with Crippen LogP contribution in [0.1, 0.15) is 24.0 Å². The number of aryl methyl sites for hydroxylation is 1. The van der Waals surface area contributed by atoms with Crippen LogP contribution in [-0.2, 0) is 0 Å². The van der Waals surface area contributed by atoms with Crippen LogP contribution in [0.2, 0.25) is 0 Å². The summed E-state index contributed by atoms with van der Waals surface area (Å²) in [6.07, 6.45) is 3.83. The summed E-state index contributed by atoms with van der Waals surface area (Å²) >= 11 is 0. The van der Waals surface area contributed by atoms with Crippen LogP contribution >= 0.6 is 0 Å². The summed E-state index contributed by atoms with van der Waals surface area (Å²) in [5, 5.41) is 9.13. The van der Waals surface area contributed by atoms with Gasteiger partial charge in [0, 0.05) is 30.9 Å². The Kier molecular flexibility index (Phi) is 5.08. The molecule has 5 rings (SSSR count). The average Bonchev–Trinajstić information content (AvgIpc) is 3.19. The SMILES string of the molecule is Cc1ccccc1-n1c(-c2ccc(C#N)c(F)c2)nc2c(N3CCCC(N)C3)ccnc21. The number of hydrogen-bond acceptors (Lipinski definition) is 5. The van der Waals surface area contributed by atoms with Crippen LogP contribution < -0.4 is 10.6 Å². The lowest BCUT2D eigenvalue weighted by molar-refractivity contribution is 0.507. The zero-order valence-electron chi connectivity index (χ0n) is 17.8. The first-order valence-corrected chi connectivity index (χ1v) is 10.7. The summed E-state index contributed by atoms with van der Waals surface area (Å²) < 4.78 is 16.5. The maximum atomic E-state index is 14.5.